The van der Waals surface area contributed by atoms with Crippen LogP contribution in [0.15, 0.2) is 24.3 Å². The molecule has 1 aliphatic heterocycles. The van der Waals surface area contributed by atoms with Gasteiger partial charge in [0.25, 0.3) is 0 Å². The van der Waals surface area contributed by atoms with Gasteiger partial charge in [0.1, 0.15) is 6.10 Å². The van der Waals surface area contributed by atoms with Crippen molar-refractivity contribution >= 4 is 17.6 Å². The zero-order valence-corrected chi connectivity index (χ0v) is 13.2. The van der Waals surface area contributed by atoms with Crippen LogP contribution in [0.3, 0.4) is 0 Å². The average Bonchev–Trinajstić information content (AvgIpc) is 2.48. The molecule has 0 aromatic heterocycles. The second kappa shape index (κ2) is 6.37. The fraction of sp³-hybridized carbons (Fsp3) is 0.588. The molecule has 0 spiro atoms. The van der Waals surface area contributed by atoms with Gasteiger partial charge < -0.3 is 9.64 Å². The molecule has 0 unspecified atom stereocenters. The molecule has 1 heterocycles. The molecule has 0 radical (unpaired) electrons. The van der Waals surface area contributed by atoms with Gasteiger partial charge in [0.15, 0.2) is 0 Å². The van der Waals surface area contributed by atoms with E-state index < -0.39 is 0 Å². The van der Waals surface area contributed by atoms with Crippen LogP contribution in [0.1, 0.15) is 36.0 Å². The summed E-state index contributed by atoms with van der Waals surface area (Å²) >= 11 is 5.86. The van der Waals surface area contributed by atoms with Crippen molar-refractivity contribution in [1.29, 1.82) is 0 Å². The Morgan fingerprint density at radius 3 is 2.76 bits per heavy atom. The van der Waals surface area contributed by atoms with E-state index in [4.69, 9.17) is 16.3 Å². The maximum absolute atomic E-state index is 12.3. The van der Waals surface area contributed by atoms with Crippen LogP contribution >= 0.6 is 11.6 Å². The van der Waals surface area contributed by atoms with Crippen molar-refractivity contribution in [2.75, 3.05) is 20.1 Å². The van der Waals surface area contributed by atoms with Crippen molar-refractivity contribution in [3.05, 3.63) is 34.9 Å². The number of hydrogen-bond acceptors (Lipinski definition) is 3. The molecule has 2 fully saturated rings. The number of carbonyl (C=O) groups excluding carboxylic acids is 1. The number of benzene rings is 1. The van der Waals surface area contributed by atoms with Crippen LogP contribution in [-0.4, -0.2) is 37.1 Å². The molecule has 1 aliphatic carbocycles. The number of carbonyl (C=O) groups is 1. The molecular weight excluding hydrogens is 286 g/mol. The zero-order valence-electron chi connectivity index (χ0n) is 12.4. The Kier molecular flexibility index (Phi) is 4.51. The Labute approximate surface area is 131 Å². The number of likely N-dealkylation sites (tertiary alicyclic amines) is 1. The van der Waals surface area contributed by atoms with Gasteiger partial charge in [-0.05, 0) is 69.5 Å². The summed E-state index contributed by atoms with van der Waals surface area (Å²) in [5.74, 6) is 0.997. The van der Waals surface area contributed by atoms with Gasteiger partial charge in [-0.25, -0.2) is 4.79 Å². The van der Waals surface area contributed by atoms with Gasteiger partial charge in [-0.1, -0.05) is 11.6 Å². The summed E-state index contributed by atoms with van der Waals surface area (Å²) in [7, 11) is 2.16. The molecule has 114 valence electrons. The lowest BCUT2D eigenvalue weighted by Gasteiger charge is -2.43. The van der Waals surface area contributed by atoms with Crippen LogP contribution in [0.4, 0.5) is 0 Å². The molecule has 0 amide bonds. The van der Waals surface area contributed by atoms with E-state index in [1.54, 1.807) is 24.3 Å². The summed E-state index contributed by atoms with van der Waals surface area (Å²) in [5.41, 5.74) is 0.589. The topological polar surface area (TPSA) is 29.5 Å². The quantitative estimate of drug-likeness (QED) is 0.782. The highest BCUT2D eigenvalue weighted by molar-refractivity contribution is 6.30. The first-order chi connectivity index (χ1) is 10.1. The Bertz CT molecular complexity index is 502. The maximum atomic E-state index is 12.3. The first kappa shape index (κ1) is 14.9. The van der Waals surface area contributed by atoms with Crippen molar-refractivity contribution in [3.8, 4) is 0 Å². The lowest BCUT2D eigenvalue weighted by atomic mass is 9.73. The zero-order chi connectivity index (χ0) is 14.8. The molecule has 3 rings (SSSR count). The number of halogens is 1. The van der Waals surface area contributed by atoms with Crippen LogP contribution in [0.2, 0.25) is 5.02 Å². The standard InChI is InChI=1S/C17H22ClNO2/c1-19-10-9-12-3-2-4-16(15(12)11-19)21-17(20)13-5-7-14(18)8-6-13/h5-8,12,15-16H,2-4,9-11H2,1H3/t12-,15-,16-/m1/s1. The van der Waals surface area contributed by atoms with Crippen LogP contribution in [0.25, 0.3) is 0 Å². The van der Waals surface area contributed by atoms with E-state index >= 15 is 0 Å². The second-order valence-electron chi connectivity index (χ2n) is 6.36. The molecule has 0 bridgehead atoms. The number of rotatable bonds is 2. The molecule has 1 aromatic carbocycles. The summed E-state index contributed by atoms with van der Waals surface area (Å²) < 4.78 is 5.83. The third-order valence-corrected chi connectivity index (χ3v) is 5.14. The van der Waals surface area contributed by atoms with Gasteiger partial charge in [-0.2, -0.15) is 0 Å². The molecule has 1 saturated carbocycles. The Morgan fingerprint density at radius 1 is 1.24 bits per heavy atom. The average molecular weight is 308 g/mol. The number of piperidine rings is 1. The van der Waals surface area contributed by atoms with E-state index in [-0.39, 0.29) is 12.1 Å². The fourth-order valence-electron chi connectivity index (χ4n) is 3.71. The lowest BCUT2D eigenvalue weighted by molar-refractivity contribution is -0.0365. The number of nitrogens with zero attached hydrogens (tertiary/aromatic N) is 1. The van der Waals surface area contributed by atoms with Crippen molar-refractivity contribution in [2.45, 2.75) is 31.8 Å². The van der Waals surface area contributed by atoms with Crippen LogP contribution in [0.5, 0.6) is 0 Å². The predicted octanol–water partition coefficient (Wildman–Crippen LogP) is 3.62. The molecule has 4 heteroatoms. The highest BCUT2D eigenvalue weighted by Crippen LogP contribution is 2.37. The monoisotopic (exact) mass is 307 g/mol. The van der Waals surface area contributed by atoms with Gasteiger partial charge in [-0.3, -0.25) is 0 Å². The summed E-state index contributed by atoms with van der Waals surface area (Å²) in [6.07, 6.45) is 4.75. The third-order valence-electron chi connectivity index (χ3n) is 4.89. The number of hydrogen-bond donors (Lipinski definition) is 0. The minimum Gasteiger partial charge on any atom is -0.458 e. The van der Waals surface area contributed by atoms with Crippen LogP contribution in [0, 0.1) is 11.8 Å². The SMILES string of the molecule is CN1CC[C@H]2CCC[C@@H](OC(=O)c3ccc(Cl)cc3)[C@@H]2C1. The molecule has 3 nitrogen and oxygen atoms in total. The van der Waals surface area contributed by atoms with E-state index in [1.165, 1.54) is 25.8 Å². The number of ether oxygens (including phenoxy) is 1. The molecule has 1 saturated heterocycles. The molecule has 21 heavy (non-hydrogen) atoms. The van der Waals surface area contributed by atoms with E-state index in [9.17, 15) is 4.79 Å². The van der Waals surface area contributed by atoms with Gasteiger partial charge in [0.05, 0.1) is 5.56 Å². The van der Waals surface area contributed by atoms with Crippen molar-refractivity contribution in [1.82, 2.24) is 4.90 Å². The van der Waals surface area contributed by atoms with Gasteiger partial charge in [-0.15, -0.1) is 0 Å². The van der Waals surface area contributed by atoms with Gasteiger partial charge >= 0.3 is 5.97 Å². The first-order valence-electron chi connectivity index (χ1n) is 7.78. The molecule has 1 aromatic rings. The molecule has 0 N–H and O–H groups in total. The third kappa shape index (κ3) is 3.41. The fourth-order valence-corrected chi connectivity index (χ4v) is 3.84. The first-order valence-corrected chi connectivity index (χ1v) is 8.16. The van der Waals surface area contributed by atoms with Crippen molar-refractivity contribution in [2.24, 2.45) is 11.8 Å². The summed E-state index contributed by atoms with van der Waals surface area (Å²) in [6.45, 7) is 2.21. The highest BCUT2D eigenvalue weighted by atomic mass is 35.5. The van der Waals surface area contributed by atoms with E-state index in [2.05, 4.69) is 11.9 Å². The minimum atomic E-state index is -0.217. The highest BCUT2D eigenvalue weighted by Gasteiger charge is 2.38. The Morgan fingerprint density at radius 2 is 2.00 bits per heavy atom. The second-order valence-corrected chi connectivity index (χ2v) is 6.79. The summed E-state index contributed by atoms with van der Waals surface area (Å²) in [5, 5.41) is 0.637. The van der Waals surface area contributed by atoms with Crippen molar-refractivity contribution < 1.29 is 9.53 Å². The molecule has 2 aliphatic rings. The van der Waals surface area contributed by atoms with Crippen LogP contribution < -0.4 is 0 Å². The molecular formula is C17H22ClNO2. The smallest absolute Gasteiger partial charge is 0.338 e. The van der Waals surface area contributed by atoms with E-state index in [0.717, 1.165) is 18.9 Å². The number of fused-ring (bicyclic) bond motifs is 1. The lowest BCUT2D eigenvalue weighted by Crippen LogP contribution is -2.47. The predicted molar refractivity (Wildman–Crippen MR) is 83.6 cm³/mol. The Balaban J connectivity index is 1.68. The largest absolute Gasteiger partial charge is 0.458 e. The van der Waals surface area contributed by atoms with Gasteiger partial charge in [0, 0.05) is 17.5 Å². The summed E-state index contributed by atoms with van der Waals surface area (Å²) in [4.78, 5) is 14.7. The Hall–Kier alpha value is -1.06. The maximum Gasteiger partial charge on any atom is 0.338 e. The normalized spacial score (nSPS) is 29.7. The van der Waals surface area contributed by atoms with Crippen LogP contribution in [-0.2, 0) is 4.74 Å². The van der Waals surface area contributed by atoms with E-state index in [1.807, 2.05) is 0 Å². The van der Waals surface area contributed by atoms with E-state index in [0.29, 0.717) is 16.5 Å². The van der Waals surface area contributed by atoms with Gasteiger partial charge in [0.2, 0.25) is 0 Å². The summed E-state index contributed by atoms with van der Waals surface area (Å²) in [6, 6.07) is 6.93. The minimum absolute atomic E-state index is 0.0645. The molecule has 3 atom stereocenters. The van der Waals surface area contributed by atoms with Crippen molar-refractivity contribution in [3.63, 3.8) is 0 Å². The number of esters is 1.